The SMILES string of the molecule is N[C@@H](CC1CC1)c1c(O)cc(Br)cc1Br. The Morgan fingerprint density at radius 2 is 2.07 bits per heavy atom. The molecule has 4 heteroatoms. The van der Waals surface area contributed by atoms with E-state index in [2.05, 4.69) is 31.9 Å². The van der Waals surface area contributed by atoms with Crippen molar-refractivity contribution in [2.75, 3.05) is 0 Å². The molecule has 1 aromatic rings. The molecule has 0 radical (unpaired) electrons. The van der Waals surface area contributed by atoms with Gasteiger partial charge < -0.3 is 10.8 Å². The topological polar surface area (TPSA) is 46.2 Å². The highest BCUT2D eigenvalue weighted by Gasteiger charge is 2.26. The van der Waals surface area contributed by atoms with Crippen molar-refractivity contribution in [2.45, 2.75) is 25.3 Å². The van der Waals surface area contributed by atoms with Gasteiger partial charge in [-0.15, -0.1) is 0 Å². The normalized spacial score (nSPS) is 17.8. The van der Waals surface area contributed by atoms with Crippen LogP contribution in [0.15, 0.2) is 21.1 Å². The van der Waals surface area contributed by atoms with Crippen molar-refractivity contribution in [1.29, 1.82) is 0 Å². The molecule has 15 heavy (non-hydrogen) atoms. The summed E-state index contributed by atoms with van der Waals surface area (Å²) in [6.45, 7) is 0. The van der Waals surface area contributed by atoms with Gasteiger partial charge in [-0.1, -0.05) is 44.7 Å². The van der Waals surface area contributed by atoms with E-state index < -0.39 is 0 Å². The van der Waals surface area contributed by atoms with Crippen molar-refractivity contribution < 1.29 is 5.11 Å². The van der Waals surface area contributed by atoms with Gasteiger partial charge in [0.1, 0.15) is 5.75 Å². The number of benzene rings is 1. The number of rotatable bonds is 3. The summed E-state index contributed by atoms with van der Waals surface area (Å²) in [5.41, 5.74) is 6.91. The number of phenolic OH excluding ortho intramolecular Hbond substituents is 1. The van der Waals surface area contributed by atoms with E-state index in [4.69, 9.17) is 5.73 Å². The molecule has 0 amide bonds. The number of hydrogen-bond donors (Lipinski definition) is 2. The molecule has 0 aliphatic heterocycles. The lowest BCUT2D eigenvalue weighted by molar-refractivity contribution is 0.454. The molecule has 3 N–H and O–H groups in total. The molecule has 2 nitrogen and oxygen atoms in total. The summed E-state index contributed by atoms with van der Waals surface area (Å²) in [6.07, 6.45) is 3.53. The van der Waals surface area contributed by atoms with Crippen molar-refractivity contribution in [3.05, 3.63) is 26.6 Å². The second-order valence-corrected chi connectivity index (χ2v) is 5.88. The van der Waals surface area contributed by atoms with Crippen LogP contribution in [-0.4, -0.2) is 5.11 Å². The quantitative estimate of drug-likeness (QED) is 0.885. The first-order valence-electron chi connectivity index (χ1n) is 5.01. The van der Waals surface area contributed by atoms with E-state index in [1.54, 1.807) is 6.07 Å². The van der Waals surface area contributed by atoms with Crippen LogP contribution in [0.2, 0.25) is 0 Å². The van der Waals surface area contributed by atoms with Crippen LogP contribution in [0.3, 0.4) is 0 Å². The molecule has 0 aromatic heterocycles. The molecule has 1 fully saturated rings. The zero-order chi connectivity index (χ0) is 11.0. The molecule has 0 bridgehead atoms. The summed E-state index contributed by atoms with van der Waals surface area (Å²) >= 11 is 6.77. The second-order valence-electron chi connectivity index (χ2n) is 4.11. The van der Waals surface area contributed by atoms with Crippen LogP contribution >= 0.6 is 31.9 Å². The van der Waals surface area contributed by atoms with Crippen LogP contribution in [0.1, 0.15) is 30.9 Å². The predicted molar refractivity (Wildman–Crippen MR) is 67.8 cm³/mol. The zero-order valence-corrected chi connectivity index (χ0v) is 11.4. The fourth-order valence-electron chi connectivity index (χ4n) is 1.77. The van der Waals surface area contributed by atoms with Gasteiger partial charge in [-0.2, -0.15) is 0 Å². The Labute approximate surface area is 106 Å². The molecule has 1 saturated carbocycles. The maximum absolute atomic E-state index is 9.84. The van der Waals surface area contributed by atoms with Gasteiger partial charge >= 0.3 is 0 Å². The molecule has 0 spiro atoms. The third-order valence-corrected chi connectivity index (χ3v) is 3.84. The molecular formula is C11H13Br2NO. The van der Waals surface area contributed by atoms with Gasteiger partial charge in [0.2, 0.25) is 0 Å². The molecule has 0 heterocycles. The average Bonchev–Trinajstić information content (AvgIpc) is 2.85. The Balaban J connectivity index is 2.24. The van der Waals surface area contributed by atoms with Crippen LogP contribution in [0.4, 0.5) is 0 Å². The second kappa shape index (κ2) is 4.44. The van der Waals surface area contributed by atoms with E-state index in [9.17, 15) is 5.11 Å². The van der Waals surface area contributed by atoms with Crippen molar-refractivity contribution in [2.24, 2.45) is 11.7 Å². The highest BCUT2D eigenvalue weighted by molar-refractivity contribution is 9.11. The summed E-state index contributed by atoms with van der Waals surface area (Å²) < 4.78 is 1.73. The van der Waals surface area contributed by atoms with Crippen molar-refractivity contribution >= 4 is 31.9 Å². The van der Waals surface area contributed by atoms with Gasteiger partial charge in [-0.25, -0.2) is 0 Å². The lowest BCUT2D eigenvalue weighted by Gasteiger charge is -2.15. The first-order chi connectivity index (χ1) is 7.08. The van der Waals surface area contributed by atoms with Gasteiger partial charge in [0.25, 0.3) is 0 Å². The maximum Gasteiger partial charge on any atom is 0.122 e. The minimum Gasteiger partial charge on any atom is -0.508 e. The summed E-state index contributed by atoms with van der Waals surface area (Å²) in [4.78, 5) is 0. The van der Waals surface area contributed by atoms with Gasteiger partial charge in [0, 0.05) is 20.6 Å². The number of phenols is 1. The number of hydrogen-bond acceptors (Lipinski definition) is 2. The van der Waals surface area contributed by atoms with Crippen molar-refractivity contribution in [1.82, 2.24) is 0 Å². The molecule has 0 saturated heterocycles. The number of nitrogens with two attached hydrogens (primary N) is 1. The van der Waals surface area contributed by atoms with E-state index >= 15 is 0 Å². The minimum absolute atomic E-state index is 0.0695. The molecule has 82 valence electrons. The monoisotopic (exact) mass is 333 g/mol. The highest BCUT2D eigenvalue weighted by Crippen LogP contribution is 2.41. The smallest absolute Gasteiger partial charge is 0.122 e. The zero-order valence-electron chi connectivity index (χ0n) is 8.21. The predicted octanol–water partition coefficient (Wildman–Crippen LogP) is 3.72. The largest absolute Gasteiger partial charge is 0.508 e. The lowest BCUT2D eigenvalue weighted by atomic mass is 10.0. The van der Waals surface area contributed by atoms with Crippen LogP contribution in [0, 0.1) is 5.92 Å². The molecular weight excluding hydrogens is 322 g/mol. The van der Waals surface area contributed by atoms with Crippen LogP contribution in [-0.2, 0) is 0 Å². The molecule has 1 atom stereocenters. The molecule has 0 unspecified atom stereocenters. The van der Waals surface area contributed by atoms with Crippen LogP contribution < -0.4 is 5.73 Å². The number of aromatic hydroxyl groups is 1. The van der Waals surface area contributed by atoms with Crippen molar-refractivity contribution in [3.8, 4) is 5.75 Å². The first-order valence-corrected chi connectivity index (χ1v) is 6.60. The van der Waals surface area contributed by atoms with E-state index in [-0.39, 0.29) is 11.8 Å². The molecule has 1 aliphatic carbocycles. The van der Waals surface area contributed by atoms with Crippen LogP contribution in [0.5, 0.6) is 5.75 Å². The lowest BCUT2D eigenvalue weighted by Crippen LogP contribution is -2.12. The Morgan fingerprint density at radius 3 is 2.60 bits per heavy atom. The molecule has 2 rings (SSSR count). The average molecular weight is 335 g/mol. The summed E-state index contributed by atoms with van der Waals surface area (Å²) in [5, 5.41) is 9.84. The summed E-state index contributed by atoms with van der Waals surface area (Å²) in [5.74, 6) is 1.03. The Morgan fingerprint density at radius 1 is 1.40 bits per heavy atom. The maximum atomic E-state index is 9.84. The Kier molecular flexibility index (Phi) is 3.38. The molecule has 1 aliphatic rings. The van der Waals surface area contributed by atoms with Gasteiger partial charge in [0.05, 0.1) is 0 Å². The Hall–Kier alpha value is -0.0600. The van der Waals surface area contributed by atoms with E-state index in [1.807, 2.05) is 6.07 Å². The fraction of sp³-hybridized carbons (Fsp3) is 0.455. The summed E-state index contributed by atoms with van der Waals surface area (Å²) in [6, 6.07) is 3.54. The van der Waals surface area contributed by atoms with E-state index in [1.165, 1.54) is 12.8 Å². The third-order valence-electron chi connectivity index (χ3n) is 2.73. The number of halogens is 2. The van der Waals surface area contributed by atoms with Crippen LogP contribution in [0.25, 0.3) is 0 Å². The standard InChI is InChI=1S/C11H13Br2NO/c12-7-4-8(13)11(10(15)5-7)9(14)3-6-1-2-6/h4-6,9,15H,1-3,14H2/t9-/m0/s1. The fourth-order valence-corrected chi connectivity index (χ4v) is 3.27. The minimum atomic E-state index is -0.0695. The third kappa shape index (κ3) is 2.74. The van der Waals surface area contributed by atoms with Gasteiger partial charge in [0.15, 0.2) is 0 Å². The van der Waals surface area contributed by atoms with Crippen molar-refractivity contribution in [3.63, 3.8) is 0 Å². The Bertz CT molecular complexity index is 354. The van der Waals surface area contributed by atoms with Gasteiger partial charge in [-0.3, -0.25) is 0 Å². The first kappa shape index (κ1) is 11.4. The summed E-state index contributed by atoms with van der Waals surface area (Å²) in [7, 11) is 0. The van der Waals surface area contributed by atoms with E-state index in [0.29, 0.717) is 0 Å². The molecule has 1 aromatic carbocycles. The van der Waals surface area contributed by atoms with E-state index in [0.717, 1.165) is 26.8 Å². The van der Waals surface area contributed by atoms with Gasteiger partial charge in [-0.05, 0) is 24.5 Å². The highest BCUT2D eigenvalue weighted by atomic mass is 79.9.